The van der Waals surface area contributed by atoms with Crippen molar-refractivity contribution in [3.05, 3.63) is 29.8 Å². The number of benzene rings is 1. The molecule has 0 heterocycles. The van der Waals surface area contributed by atoms with Gasteiger partial charge in [0.2, 0.25) is 0 Å². The quantitative estimate of drug-likeness (QED) is 0.708. The highest BCUT2D eigenvalue weighted by atomic mass is 16.4. The molecule has 2 saturated carbocycles. The number of likely N-dealkylation sites (N-methyl/N-ethyl adjacent to an activating group) is 1. The highest BCUT2D eigenvalue weighted by Crippen LogP contribution is 2.35. The minimum absolute atomic E-state index is 0.158. The van der Waals surface area contributed by atoms with Crippen LogP contribution in [0.5, 0.6) is 5.75 Å². The number of carboxylic acid groups (broad SMARTS) is 1. The number of phenols is 1. The van der Waals surface area contributed by atoms with Gasteiger partial charge in [0.25, 0.3) is 0 Å². The van der Waals surface area contributed by atoms with E-state index in [1.165, 1.54) is 31.2 Å². The first-order valence-electron chi connectivity index (χ1n) is 9.56. The Bertz CT molecular complexity index is 561. The zero-order valence-electron chi connectivity index (χ0n) is 15.0. The van der Waals surface area contributed by atoms with Gasteiger partial charge in [0, 0.05) is 18.1 Å². The minimum Gasteiger partial charge on any atom is -0.508 e. The van der Waals surface area contributed by atoms with E-state index in [0.29, 0.717) is 29.8 Å². The minimum atomic E-state index is -0.731. The molecule has 0 saturated heterocycles. The van der Waals surface area contributed by atoms with Crippen LogP contribution in [0.15, 0.2) is 24.3 Å². The van der Waals surface area contributed by atoms with Crippen molar-refractivity contribution in [1.29, 1.82) is 0 Å². The Hall–Kier alpha value is -1.59. The lowest BCUT2D eigenvalue weighted by molar-refractivity contribution is -0.139. The third kappa shape index (κ3) is 4.73. The maximum Gasteiger partial charge on any atom is 0.317 e. The van der Waals surface area contributed by atoms with Gasteiger partial charge in [0.05, 0.1) is 6.54 Å². The lowest BCUT2D eigenvalue weighted by Gasteiger charge is -2.44. The van der Waals surface area contributed by atoms with Crippen molar-refractivity contribution >= 4 is 5.97 Å². The molecule has 0 spiro atoms. The van der Waals surface area contributed by atoms with Gasteiger partial charge in [0.1, 0.15) is 5.75 Å². The van der Waals surface area contributed by atoms with Gasteiger partial charge >= 0.3 is 5.97 Å². The number of hydrogen-bond donors (Lipinski definition) is 3. The Morgan fingerprint density at radius 3 is 2.32 bits per heavy atom. The van der Waals surface area contributed by atoms with Crippen molar-refractivity contribution in [2.75, 3.05) is 13.1 Å². The van der Waals surface area contributed by atoms with Crippen molar-refractivity contribution in [3.63, 3.8) is 0 Å². The molecule has 3 N–H and O–H groups in total. The molecule has 1 aromatic rings. The Labute approximate surface area is 150 Å². The van der Waals surface area contributed by atoms with Crippen LogP contribution in [-0.4, -0.2) is 52.3 Å². The number of nitrogens with one attached hydrogen (secondary N) is 1. The van der Waals surface area contributed by atoms with Crippen LogP contribution in [0.1, 0.15) is 56.9 Å². The lowest BCUT2D eigenvalue weighted by Crippen LogP contribution is -2.55. The summed E-state index contributed by atoms with van der Waals surface area (Å²) >= 11 is 0. The second kappa shape index (κ2) is 8.19. The molecule has 5 nitrogen and oxygen atoms in total. The van der Waals surface area contributed by atoms with Crippen LogP contribution < -0.4 is 5.32 Å². The van der Waals surface area contributed by atoms with Gasteiger partial charge in [-0.3, -0.25) is 9.69 Å². The topological polar surface area (TPSA) is 72.8 Å². The molecule has 0 atom stereocenters. The molecule has 0 unspecified atom stereocenters. The molecule has 5 heteroatoms. The molecule has 25 heavy (non-hydrogen) atoms. The number of rotatable bonds is 7. The van der Waals surface area contributed by atoms with Crippen LogP contribution in [-0.2, 0) is 4.79 Å². The molecule has 3 rings (SSSR count). The summed E-state index contributed by atoms with van der Waals surface area (Å²) in [6.07, 6.45) is 6.91. The van der Waals surface area contributed by atoms with Crippen LogP contribution in [0.25, 0.3) is 0 Å². The first-order chi connectivity index (χ1) is 12.0. The zero-order valence-corrected chi connectivity index (χ0v) is 15.0. The van der Waals surface area contributed by atoms with E-state index in [1.807, 2.05) is 19.1 Å². The van der Waals surface area contributed by atoms with Crippen molar-refractivity contribution in [3.8, 4) is 5.75 Å². The molecular weight excluding hydrogens is 316 g/mol. The number of phenolic OH excluding ortho intramolecular Hbond substituents is 1. The van der Waals surface area contributed by atoms with E-state index in [9.17, 15) is 9.90 Å². The molecule has 0 radical (unpaired) electrons. The summed E-state index contributed by atoms with van der Waals surface area (Å²) in [7, 11) is 0. The number of aromatic hydroxyl groups is 1. The summed E-state index contributed by atoms with van der Waals surface area (Å²) in [6.45, 7) is 3.00. The summed E-state index contributed by atoms with van der Waals surface area (Å²) in [5.41, 5.74) is 1.34. The first-order valence-corrected chi connectivity index (χ1v) is 9.56. The Morgan fingerprint density at radius 2 is 1.76 bits per heavy atom. The Kier molecular flexibility index (Phi) is 5.97. The average molecular weight is 346 g/mol. The smallest absolute Gasteiger partial charge is 0.317 e. The standard InChI is InChI=1S/C20H30N2O3/c1-2-22(13-20(24)25)18-11-17(12-18)21-16-7-3-14(4-8-16)15-5-9-19(23)10-6-15/h5-6,9-10,14,16-18,21,23H,2-4,7-8,11-13H2,1H3,(H,24,25). The Balaban J connectivity index is 1.39. The van der Waals surface area contributed by atoms with Gasteiger partial charge in [-0.1, -0.05) is 19.1 Å². The molecule has 2 aliphatic rings. The molecule has 1 aromatic carbocycles. The number of carboxylic acids is 1. The van der Waals surface area contributed by atoms with Gasteiger partial charge in [0.15, 0.2) is 0 Å². The van der Waals surface area contributed by atoms with Crippen LogP contribution >= 0.6 is 0 Å². The lowest BCUT2D eigenvalue weighted by atomic mass is 9.79. The molecule has 138 valence electrons. The van der Waals surface area contributed by atoms with Crippen molar-refractivity contribution in [2.24, 2.45) is 0 Å². The van der Waals surface area contributed by atoms with Gasteiger partial charge in [-0.25, -0.2) is 0 Å². The van der Waals surface area contributed by atoms with E-state index in [0.717, 1.165) is 19.4 Å². The van der Waals surface area contributed by atoms with E-state index in [1.54, 1.807) is 12.1 Å². The third-order valence-corrected chi connectivity index (χ3v) is 5.94. The van der Waals surface area contributed by atoms with Crippen LogP contribution in [0, 0.1) is 0 Å². The predicted octanol–water partition coefficient (Wildman–Crippen LogP) is 2.95. The normalized spacial score (nSPS) is 29.4. The fraction of sp³-hybridized carbons (Fsp3) is 0.650. The van der Waals surface area contributed by atoms with Crippen LogP contribution in [0.3, 0.4) is 0 Å². The summed E-state index contributed by atoms with van der Waals surface area (Å²) < 4.78 is 0. The van der Waals surface area contributed by atoms with Crippen LogP contribution in [0.4, 0.5) is 0 Å². The average Bonchev–Trinajstić information content (AvgIpc) is 2.57. The number of carbonyl (C=O) groups is 1. The van der Waals surface area contributed by atoms with Crippen molar-refractivity contribution < 1.29 is 15.0 Å². The summed E-state index contributed by atoms with van der Waals surface area (Å²) in [6, 6.07) is 9.22. The monoisotopic (exact) mass is 346 g/mol. The maximum absolute atomic E-state index is 10.9. The van der Waals surface area contributed by atoms with Gasteiger partial charge in [-0.05, 0) is 68.7 Å². The Morgan fingerprint density at radius 1 is 1.12 bits per heavy atom. The largest absolute Gasteiger partial charge is 0.508 e. The highest BCUT2D eigenvalue weighted by Gasteiger charge is 2.35. The highest BCUT2D eigenvalue weighted by molar-refractivity contribution is 5.69. The van der Waals surface area contributed by atoms with Gasteiger partial charge in [-0.15, -0.1) is 0 Å². The molecular formula is C20H30N2O3. The van der Waals surface area contributed by atoms with E-state index in [2.05, 4.69) is 10.2 Å². The molecule has 2 aliphatic carbocycles. The fourth-order valence-electron chi connectivity index (χ4n) is 4.37. The molecule has 2 fully saturated rings. The van der Waals surface area contributed by atoms with Gasteiger partial charge in [-0.2, -0.15) is 0 Å². The predicted molar refractivity (Wildman–Crippen MR) is 97.9 cm³/mol. The second-order valence-corrected chi connectivity index (χ2v) is 7.59. The first kappa shape index (κ1) is 18.2. The van der Waals surface area contributed by atoms with E-state index >= 15 is 0 Å². The van der Waals surface area contributed by atoms with Gasteiger partial charge < -0.3 is 15.5 Å². The number of hydrogen-bond acceptors (Lipinski definition) is 4. The van der Waals surface area contributed by atoms with E-state index in [4.69, 9.17) is 5.11 Å². The van der Waals surface area contributed by atoms with E-state index in [-0.39, 0.29) is 6.54 Å². The number of nitrogens with zero attached hydrogens (tertiary/aromatic N) is 1. The molecule has 0 aliphatic heterocycles. The van der Waals surface area contributed by atoms with Crippen molar-refractivity contribution in [1.82, 2.24) is 10.2 Å². The fourth-order valence-corrected chi connectivity index (χ4v) is 4.37. The number of aliphatic carboxylic acids is 1. The summed E-state index contributed by atoms with van der Waals surface area (Å²) in [5.74, 6) is 0.215. The van der Waals surface area contributed by atoms with Crippen molar-refractivity contribution in [2.45, 2.75) is 69.5 Å². The molecule has 0 aromatic heterocycles. The molecule has 0 amide bonds. The zero-order chi connectivity index (χ0) is 17.8. The molecule has 0 bridgehead atoms. The summed E-state index contributed by atoms with van der Waals surface area (Å²) in [5, 5.41) is 22.2. The second-order valence-electron chi connectivity index (χ2n) is 7.59. The maximum atomic E-state index is 10.9. The SMILES string of the molecule is CCN(CC(=O)O)C1CC(NC2CCC(c3ccc(O)cc3)CC2)C1. The summed E-state index contributed by atoms with van der Waals surface area (Å²) in [4.78, 5) is 13.0. The third-order valence-electron chi connectivity index (χ3n) is 5.94. The van der Waals surface area contributed by atoms with E-state index < -0.39 is 5.97 Å². The van der Waals surface area contributed by atoms with Crippen LogP contribution in [0.2, 0.25) is 0 Å².